The lowest BCUT2D eigenvalue weighted by Crippen LogP contribution is -2.34. The fraction of sp³-hybridized carbons (Fsp3) is 0.409. The van der Waals surface area contributed by atoms with E-state index in [1.807, 2.05) is 29.7 Å². The normalized spacial score (nSPS) is 19.5. The Labute approximate surface area is 178 Å². The van der Waals surface area contributed by atoms with Gasteiger partial charge in [-0.15, -0.1) is 0 Å². The van der Waals surface area contributed by atoms with Gasteiger partial charge in [-0.05, 0) is 37.3 Å². The highest BCUT2D eigenvalue weighted by Crippen LogP contribution is 2.35. The highest BCUT2D eigenvalue weighted by Gasteiger charge is 2.27. The van der Waals surface area contributed by atoms with Crippen LogP contribution in [0.15, 0.2) is 40.7 Å². The van der Waals surface area contributed by atoms with Crippen LogP contribution in [-0.4, -0.2) is 29.5 Å². The van der Waals surface area contributed by atoms with Crippen molar-refractivity contribution in [2.45, 2.75) is 56.4 Å². The zero-order valence-corrected chi connectivity index (χ0v) is 17.9. The van der Waals surface area contributed by atoms with Crippen molar-refractivity contribution in [3.8, 4) is 0 Å². The van der Waals surface area contributed by atoms with Crippen LogP contribution in [0.3, 0.4) is 0 Å². The van der Waals surface area contributed by atoms with Gasteiger partial charge in [0.15, 0.2) is 5.65 Å². The van der Waals surface area contributed by atoms with Crippen molar-refractivity contribution in [2.75, 3.05) is 0 Å². The molecule has 1 saturated carbocycles. The quantitative estimate of drug-likeness (QED) is 0.388. The molecule has 5 rings (SSSR count). The third-order valence-electron chi connectivity index (χ3n) is 6.14. The van der Waals surface area contributed by atoms with Crippen molar-refractivity contribution in [2.24, 2.45) is 5.92 Å². The van der Waals surface area contributed by atoms with Crippen molar-refractivity contribution in [3.63, 3.8) is 0 Å². The van der Waals surface area contributed by atoms with Crippen molar-refractivity contribution < 1.29 is 0 Å². The highest BCUT2D eigenvalue weighted by molar-refractivity contribution is 7.98. The predicted molar refractivity (Wildman–Crippen MR) is 119 cm³/mol. The van der Waals surface area contributed by atoms with Crippen LogP contribution < -0.4 is 5.56 Å². The highest BCUT2D eigenvalue weighted by atomic mass is 32.2. The lowest BCUT2D eigenvalue weighted by Gasteiger charge is -2.32. The second-order valence-corrected chi connectivity index (χ2v) is 9.03. The molecule has 1 aromatic carbocycles. The molecular formula is C22H24N6OS. The zero-order chi connectivity index (χ0) is 20.7. The molecule has 0 radical (unpaired) electrons. The lowest BCUT2D eigenvalue weighted by molar-refractivity contribution is 0.247. The number of aromatic amines is 1. The SMILES string of the molecule is Cc1cccc2nc(CSc3ncnc4nc[nH]c34)n(C3CCCCC3C)c(=O)c12. The van der Waals surface area contributed by atoms with Crippen LogP contribution in [0, 0.1) is 12.8 Å². The van der Waals surface area contributed by atoms with Gasteiger partial charge in [0.25, 0.3) is 5.56 Å². The Morgan fingerprint density at radius 2 is 2.07 bits per heavy atom. The standard InChI is InChI=1S/C22H24N6OS/c1-13-6-3-4-9-16(13)28-17(27-15-8-5-7-14(2)18(15)22(28)29)10-30-21-19-20(24-11-23-19)25-12-26-21/h5,7-8,11-13,16H,3-4,6,9-10H2,1-2H3,(H,23,24,25,26). The molecule has 154 valence electrons. The van der Waals surface area contributed by atoms with Crippen molar-refractivity contribution in [1.29, 1.82) is 0 Å². The van der Waals surface area contributed by atoms with Gasteiger partial charge in [0.2, 0.25) is 0 Å². The van der Waals surface area contributed by atoms with E-state index in [2.05, 4.69) is 26.9 Å². The van der Waals surface area contributed by atoms with E-state index in [-0.39, 0.29) is 11.6 Å². The summed E-state index contributed by atoms with van der Waals surface area (Å²) in [6.45, 7) is 4.25. The van der Waals surface area contributed by atoms with Crippen LogP contribution in [-0.2, 0) is 5.75 Å². The van der Waals surface area contributed by atoms with Crippen molar-refractivity contribution in [3.05, 3.63) is 52.6 Å². The molecule has 0 aliphatic heterocycles. The van der Waals surface area contributed by atoms with Gasteiger partial charge in [0.1, 0.15) is 22.7 Å². The predicted octanol–water partition coefficient (Wildman–Crippen LogP) is 4.41. The van der Waals surface area contributed by atoms with Crippen molar-refractivity contribution in [1.82, 2.24) is 29.5 Å². The molecule has 2 unspecified atom stereocenters. The fourth-order valence-electron chi connectivity index (χ4n) is 4.56. The summed E-state index contributed by atoms with van der Waals surface area (Å²) < 4.78 is 1.98. The number of aromatic nitrogens is 6. The lowest BCUT2D eigenvalue weighted by atomic mass is 9.85. The number of rotatable bonds is 4. The Bertz CT molecular complexity index is 1280. The molecule has 8 heteroatoms. The first-order valence-electron chi connectivity index (χ1n) is 10.4. The van der Waals surface area contributed by atoms with Crippen LogP contribution in [0.2, 0.25) is 0 Å². The molecule has 7 nitrogen and oxygen atoms in total. The molecule has 0 saturated heterocycles. The largest absolute Gasteiger partial charge is 0.341 e. The summed E-state index contributed by atoms with van der Waals surface area (Å²) in [6, 6.07) is 6.08. The van der Waals surface area contributed by atoms with Gasteiger partial charge in [-0.3, -0.25) is 9.36 Å². The molecule has 1 aliphatic carbocycles. The number of hydrogen-bond donors (Lipinski definition) is 1. The van der Waals surface area contributed by atoms with Gasteiger partial charge in [-0.2, -0.15) is 0 Å². The number of fused-ring (bicyclic) bond motifs is 2. The summed E-state index contributed by atoms with van der Waals surface area (Å²) >= 11 is 1.56. The summed E-state index contributed by atoms with van der Waals surface area (Å²) in [5.74, 6) is 1.84. The van der Waals surface area contributed by atoms with E-state index in [4.69, 9.17) is 4.98 Å². The second kappa shape index (κ2) is 7.83. The minimum absolute atomic E-state index is 0.0850. The van der Waals surface area contributed by atoms with E-state index in [0.717, 1.165) is 52.1 Å². The number of imidazole rings is 1. The Hall–Kier alpha value is -2.74. The Morgan fingerprint density at radius 1 is 1.20 bits per heavy atom. The van der Waals surface area contributed by atoms with Crippen molar-refractivity contribution >= 4 is 33.8 Å². The zero-order valence-electron chi connectivity index (χ0n) is 17.1. The summed E-state index contributed by atoms with van der Waals surface area (Å²) in [5.41, 5.74) is 3.30. The van der Waals surface area contributed by atoms with Gasteiger partial charge in [0, 0.05) is 6.04 Å². The number of thioether (sulfide) groups is 1. The molecule has 0 spiro atoms. The summed E-state index contributed by atoms with van der Waals surface area (Å²) in [6.07, 6.45) is 7.71. The van der Waals surface area contributed by atoms with Crippen LogP contribution in [0.4, 0.5) is 0 Å². The number of nitrogens with zero attached hydrogens (tertiary/aromatic N) is 5. The van der Waals surface area contributed by atoms with E-state index in [9.17, 15) is 4.79 Å². The fourth-order valence-corrected chi connectivity index (χ4v) is 5.45. The summed E-state index contributed by atoms with van der Waals surface area (Å²) in [5, 5.41) is 1.56. The molecule has 0 amide bonds. The molecular weight excluding hydrogens is 396 g/mol. The maximum Gasteiger partial charge on any atom is 0.261 e. The molecule has 2 atom stereocenters. The Balaban J connectivity index is 1.61. The van der Waals surface area contributed by atoms with E-state index >= 15 is 0 Å². The van der Waals surface area contributed by atoms with Crippen LogP contribution in [0.25, 0.3) is 22.1 Å². The minimum atomic E-state index is 0.0850. The van der Waals surface area contributed by atoms with E-state index in [1.54, 1.807) is 18.1 Å². The first-order chi connectivity index (χ1) is 14.6. The number of H-pyrrole nitrogens is 1. The second-order valence-electron chi connectivity index (χ2n) is 8.07. The molecule has 3 aromatic heterocycles. The molecule has 30 heavy (non-hydrogen) atoms. The Morgan fingerprint density at radius 3 is 2.93 bits per heavy atom. The van der Waals surface area contributed by atoms with Gasteiger partial charge in [-0.1, -0.05) is 43.7 Å². The van der Waals surface area contributed by atoms with Gasteiger partial charge in [-0.25, -0.2) is 19.9 Å². The van der Waals surface area contributed by atoms with Crippen LogP contribution >= 0.6 is 11.8 Å². The monoisotopic (exact) mass is 420 g/mol. The van der Waals surface area contributed by atoms with Gasteiger partial charge >= 0.3 is 0 Å². The smallest absolute Gasteiger partial charge is 0.261 e. The molecule has 1 N–H and O–H groups in total. The molecule has 1 fully saturated rings. The average molecular weight is 421 g/mol. The number of nitrogens with one attached hydrogen (secondary N) is 1. The molecule has 1 aliphatic rings. The third kappa shape index (κ3) is 3.29. The number of aryl methyl sites for hydroxylation is 1. The number of benzene rings is 1. The maximum absolute atomic E-state index is 13.7. The first-order valence-corrected chi connectivity index (χ1v) is 11.4. The number of hydrogen-bond acceptors (Lipinski definition) is 6. The minimum Gasteiger partial charge on any atom is -0.341 e. The first kappa shape index (κ1) is 19.2. The summed E-state index contributed by atoms with van der Waals surface area (Å²) in [4.78, 5) is 34.6. The van der Waals surface area contributed by atoms with Crippen LogP contribution in [0.1, 0.15) is 50.0 Å². The molecule has 4 aromatic rings. The molecule has 3 heterocycles. The van der Waals surface area contributed by atoms with E-state index < -0.39 is 0 Å². The van der Waals surface area contributed by atoms with E-state index in [1.165, 1.54) is 12.7 Å². The average Bonchev–Trinajstić information content (AvgIpc) is 3.22. The van der Waals surface area contributed by atoms with Gasteiger partial charge < -0.3 is 4.98 Å². The molecule has 0 bridgehead atoms. The van der Waals surface area contributed by atoms with Crippen LogP contribution in [0.5, 0.6) is 0 Å². The Kier molecular flexibility index (Phi) is 5.02. The van der Waals surface area contributed by atoms with E-state index in [0.29, 0.717) is 17.3 Å². The summed E-state index contributed by atoms with van der Waals surface area (Å²) in [7, 11) is 0. The topological polar surface area (TPSA) is 89.3 Å². The maximum atomic E-state index is 13.7. The van der Waals surface area contributed by atoms with Gasteiger partial charge in [0.05, 0.1) is 23.0 Å². The third-order valence-corrected chi connectivity index (χ3v) is 7.12.